The van der Waals surface area contributed by atoms with Gasteiger partial charge in [0.2, 0.25) is 0 Å². The highest BCUT2D eigenvalue weighted by molar-refractivity contribution is 6.31. The van der Waals surface area contributed by atoms with Gasteiger partial charge in [-0.25, -0.2) is 9.97 Å². The number of piperidine rings is 1. The van der Waals surface area contributed by atoms with Gasteiger partial charge in [-0.05, 0) is 63.3 Å². The first-order chi connectivity index (χ1) is 16.1. The second kappa shape index (κ2) is 11.4. The summed E-state index contributed by atoms with van der Waals surface area (Å²) in [6, 6.07) is 11.6. The quantitative estimate of drug-likeness (QED) is 0.380. The maximum absolute atomic E-state index is 9.96. The van der Waals surface area contributed by atoms with E-state index in [9.17, 15) is 5.11 Å². The average molecular weight is 469 g/mol. The van der Waals surface area contributed by atoms with Gasteiger partial charge < -0.3 is 25.8 Å². The molecule has 0 spiro atoms. The summed E-state index contributed by atoms with van der Waals surface area (Å²) in [5.41, 5.74) is 2.49. The maximum atomic E-state index is 9.96. The molecule has 3 heterocycles. The summed E-state index contributed by atoms with van der Waals surface area (Å²) in [6.45, 7) is 2.57. The lowest BCUT2D eigenvalue weighted by Gasteiger charge is -2.24. The normalized spacial score (nSPS) is 15.2. The Morgan fingerprint density at radius 1 is 1.12 bits per heavy atom. The van der Waals surface area contributed by atoms with Crippen LogP contribution >= 0.6 is 11.6 Å². The number of nitrogens with zero attached hydrogens (tertiary/aromatic N) is 3. The topological polar surface area (TPSA) is 104 Å². The van der Waals surface area contributed by atoms with Crippen molar-refractivity contribution in [3.05, 3.63) is 53.8 Å². The number of ether oxygens (including phenoxy) is 1. The van der Waals surface area contributed by atoms with Crippen molar-refractivity contribution in [2.45, 2.75) is 25.0 Å². The van der Waals surface area contributed by atoms with Gasteiger partial charge in [-0.2, -0.15) is 0 Å². The number of aromatic nitrogens is 3. The van der Waals surface area contributed by atoms with Crippen LogP contribution < -0.4 is 20.7 Å². The Hall–Kier alpha value is -2.78. The number of aliphatic hydroxyl groups is 1. The van der Waals surface area contributed by atoms with E-state index in [1.807, 2.05) is 30.3 Å². The van der Waals surface area contributed by atoms with Crippen LogP contribution in [0.3, 0.4) is 0 Å². The summed E-state index contributed by atoms with van der Waals surface area (Å²) in [6.07, 6.45) is 4.95. The van der Waals surface area contributed by atoms with Crippen LogP contribution in [0.1, 0.15) is 12.8 Å². The fourth-order valence-corrected chi connectivity index (χ4v) is 3.98. The number of anilines is 1. The molecule has 8 nitrogen and oxygen atoms in total. The number of benzene rings is 1. The van der Waals surface area contributed by atoms with E-state index in [0.29, 0.717) is 29.2 Å². The lowest BCUT2D eigenvalue weighted by molar-refractivity contribution is 0.108. The first kappa shape index (κ1) is 23.4. The molecule has 3 aromatic rings. The Balaban J connectivity index is 1.66. The summed E-state index contributed by atoms with van der Waals surface area (Å²) >= 11 is 6.39. The minimum Gasteiger partial charge on any atom is -0.491 e. The van der Waals surface area contributed by atoms with Crippen molar-refractivity contribution < 1.29 is 9.84 Å². The zero-order valence-electron chi connectivity index (χ0n) is 18.6. The van der Waals surface area contributed by atoms with Gasteiger partial charge in [0.05, 0.1) is 5.69 Å². The third-order valence-corrected chi connectivity index (χ3v) is 5.62. The maximum Gasteiger partial charge on any atom is 0.162 e. The van der Waals surface area contributed by atoms with Crippen LogP contribution in [0.4, 0.5) is 5.82 Å². The average Bonchev–Trinajstić information content (AvgIpc) is 2.84. The molecule has 2 aromatic heterocycles. The fourth-order valence-electron chi connectivity index (χ4n) is 3.76. The van der Waals surface area contributed by atoms with E-state index in [0.717, 1.165) is 48.6 Å². The Bertz CT molecular complexity index is 1050. The SMILES string of the molecule is CNCC(O)COc1cc(Cl)cc(-c2nc(NC3CCNCC3)cc(-c3ccncc3)n2)c1. The minimum absolute atomic E-state index is 0.154. The molecule has 0 aliphatic carbocycles. The van der Waals surface area contributed by atoms with E-state index in [4.69, 9.17) is 26.3 Å². The van der Waals surface area contributed by atoms with Crippen LogP contribution in [0.25, 0.3) is 22.6 Å². The van der Waals surface area contributed by atoms with Gasteiger partial charge in [-0.1, -0.05) is 11.6 Å². The van der Waals surface area contributed by atoms with Crippen molar-refractivity contribution in [3.8, 4) is 28.4 Å². The van der Waals surface area contributed by atoms with Gasteiger partial charge in [-0.3, -0.25) is 4.98 Å². The summed E-state index contributed by atoms with van der Waals surface area (Å²) in [7, 11) is 1.78. The zero-order valence-corrected chi connectivity index (χ0v) is 19.3. The second-order valence-corrected chi connectivity index (χ2v) is 8.50. The number of hydrogen-bond donors (Lipinski definition) is 4. The van der Waals surface area contributed by atoms with E-state index in [2.05, 4.69) is 20.9 Å². The molecular weight excluding hydrogens is 440 g/mol. The van der Waals surface area contributed by atoms with Gasteiger partial charge in [0.25, 0.3) is 0 Å². The molecule has 1 aromatic carbocycles. The summed E-state index contributed by atoms with van der Waals surface area (Å²) in [5, 5.41) is 20.3. The Morgan fingerprint density at radius 3 is 2.67 bits per heavy atom. The molecule has 4 N–H and O–H groups in total. The number of rotatable bonds is 9. The van der Waals surface area contributed by atoms with E-state index >= 15 is 0 Å². The van der Waals surface area contributed by atoms with Crippen LogP contribution in [-0.4, -0.2) is 65.5 Å². The molecule has 0 radical (unpaired) electrons. The molecule has 174 valence electrons. The molecule has 1 aliphatic heterocycles. The molecule has 9 heteroatoms. The van der Waals surface area contributed by atoms with Crippen LogP contribution in [-0.2, 0) is 0 Å². The monoisotopic (exact) mass is 468 g/mol. The standard InChI is InChI=1S/C24H29ClN6O2/c1-26-14-20(32)15-33-21-11-17(10-18(25)12-21)24-30-22(16-2-6-27-7-3-16)13-23(31-24)29-19-4-8-28-9-5-19/h2-3,6-7,10-13,19-20,26,28,32H,4-5,8-9,14-15H2,1H3,(H,29,30,31). The first-order valence-corrected chi connectivity index (χ1v) is 11.5. The number of aliphatic hydroxyl groups excluding tert-OH is 1. The zero-order chi connectivity index (χ0) is 23.0. The second-order valence-electron chi connectivity index (χ2n) is 8.06. The number of halogens is 1. The van der Waals surface area contributed by atoms with Gasteiger partial charge in [0.15, 0.2) is 5.82 Å². The fraction of sp³-hybridized carbons (Fsp3) is 0.375. The van der Waals surface area contributed by atoms with Crippen LogP contribution in [0.15, 0.2) is 48.8 Å². The molecular formula is C24H29ClN6O2. The summed E-state index contributed by atoms with van der Waals surface area (Å²) in [5.74, 6) is 1.87. The van der Waals surface area contributed by atoms with Gasteiger partial charge >= 0.3 is 0 Å². The van der Waals surface area contributed by atoms with E-state index in [1.165, 1.54) is 0 Å². The molecule has 0 saturated carbocycles. The summed E-state index contributed by atoms with van der Waals surface area (Å²) < 4.78 is 5.77. The lowest BCUT2D eigenvalue weighted by Crippen LogP contribution is -2.35. The van der Waals surface area contributed by atoms with Crippen molar-refractivity contribution in [3.63, 3.8) is 0 Å². The van der Waals surface area contributed by atoms with Crippen molar-refractivity contribution in [1.82, 2.24) is 25.6 Å². The molecule has 1 fully saturated rings. The number of nitrogens with one attached hydrogen (secondary N) is 3. The smallest absolute Gasteiger partial charge is 0.162 e. The molecule has 4 rings (SSSR count). The molecule has 0 amide bonds. The van der Waals surface area contributed by atoms with E-state index in [-0.39, 0.29) is 6.61 Å². The highest BCUT2D eigenvalue weighted by Crippen LogP contribution is 2.30. The number of pyridine rings is 1. The van der Waals surface area contributed by atoms with Crippen molar-refractivity contribution >= 4 is 17.4 Å². The predicted molar refractivity (Wildman–Crippen MR) is 131 cm³/mol. The Labute approximate surface area is 198 Å². The van der Waals surface area contributed by atoms with Crippen molar-refractivity contribution in [2.24, 2.45) is 0 Å². The highest BCUT2D eigenvalue weighted by atomic mass is 35.5. The third kappa shape index (κ3) is 6.61. The largest absolute Gasteiger partial charge is 0.491 e. The van der Waals surface area contributed by atoms with E-state index < -0.39 is 6.10 Å². The van der Waals surface area contributed by atoms with Crippen molar-refractivity contribution in [2.75, 3.05) is 38.6 Å². The third-order valence-electron chi connectivity index (χ3n) is 5.41. The summed E-state index contributed by atoms with van der Waals surface area (Å²) in [4.78, 5) is 13.7. The van der Waals surface area contributed by atoms with E-state index in [1.54, 1.807) is 25.5 Å². The highest BCUT2D eigenvalue weighted by Gasteiger charge is 2.16. The lowest BCUT2D eigenvalue weighted by atomic mass is 10.1. The first-order valence-electron chi connectivity index (χ1n) is 11.1. The molecule has 1 atom stereocenters. The molecule has 0 bridgehead atoms. The van der Waals surface area contributed by atoms with Crippen LogP contribution in [0.5, 0.6) is 5.75 Å². The van der Waals surface area contributed by atoms with Crippen LogP contribution in [0, 0.1) is 0 Å². The van der Waals surface area contributed by atoms with Gasteiger partial charge in [0.1, 0.15) is 24.3 Å². The van der Waals surface area contributed by atoms with Gasteiger partial charge in [-0.15, -0.1) is 0 Å². The number of likely N-dealkylation sites (N-methyl/N-ethyl adjacent to an activating group) is 1. The van der Waals surface area contributed by atoms with Crippen LogP contribution in [0.2, 0.25) is 5.02 Å². The Kier molecular flexibility index (Phi) is 8.06. The molecule has 33 heavy (non-hydrogen) atoms. The molecule has 1 aliphatic rings. The minimum atomic E-state index is -0.621. The molecule has 1 saturated heterocycles. The molecule has 1 unspecified atom stereocenters. The van der Waals surface area contributed by atoms with Gasteiger partial charge in [0, 0.05) is 47.2 Å². The number of hydrogen-bond acceptors (Lipinski definition) is 8. The predicted octanol–water partition coefficient (Wildman–Crippen LogP) is 2.98. The van der Waals surface area contributed by atoms with Crippen molar-refractivity contribution in [1.29, 1.82) is 0 Å². The Morgan fingerprint density at radius 2 is 1.91 bits per heavy atom.